The van der Waals surface area contributed by atoms with E-state index in [2.05, 4.69) is 0 Å². The molecule has 0 unspecified atom stereocenters. The van der Waals surface area contributed by atoms with E-state index < -0.39 is 0 Å². The molecule has 1 aromatic rings. The monoisotopic (exact) mass is 137 g/mol. The van der Waals surface area contributed by atoms with Crippen molar-refractivity contribution in [2.24, 2.45) is 0 Å². The van der Waals surface area contributed by atoms with Crippen LogP contribution >= 0.6 is 0 Å². The molecular formula is C8H9O2. The number of aliphatic hydroxyl groups excluding tert-OH is 1. The Balaban J connectivity index is 2.81. The topological polar surface area (TPSA) is 40.1 Å². The average molecular weight is 137 g/mol. The molecule has 2 nitrogen and oxygen atoms in total. The van der Waals surface area contributed by atoms with Gasteiger partial charge in [-0.2, -0.15) is 0 Å². The van der Waals surface area contributed by atoms with Crippen molar-refractivity contribution in [3.05, 3.63) is 29.8 Å². The minimum Gasteiger partial charge on any atom is -0.396 e. The number of hydrogen-bond acceptors (Lipinski definition) is 1. The maximum Gasteiger partial charge on any atom is 0.181 e. The van der Waals surface area contributed by atoms with Crippen LogP contribution in [0.25, 0.3) is 0 Å². The molecule has 0 aliphatic carbocycles. The van der Waals surface area contributed by atoms with Crippen LogP contribution in [-0.4, -0.2) is 11.7 Å². The summed E-state index contributed by atoms with van der Waals surface area (Å²) in [5.74, 6) is 0.0107. The van der Waals surface area contributed by atoms with Gasteiger partial charge < -0.3 is 5.11 Å². The third-order valence-electron chi connectivity index (χ3n) is 1.35. The fourth-order valence-corrected chi connectivity index (χ4v) is 0.831. The Labute approximate surface area is 59.7 Å². The molecule has 0 saturated heterocycles. The molecule has 1 aromatic carbocycles. The van der Waals surface area contributed by atoms with Crippen LogP contribution in [0, 0.1) is 0 Å². The van der Waals surface area contributed by atoms with Gasteiger partial charge in [-0.25, -0.2) is 0 Å². The molecule has 1 rings (SSSR count). The Morgan fingerprint density at radius 3 is 2.60 bits per heavy atom. The molecule has 0 bridgehead atoms. The second-order valence-electron chi connectivity index (χ2n) is 2.08. The maximum absolute atomic E-state index is 10.9. The minimum absolute atomic E-state index is 0.0107. The summed E-state index contributed by atoms with van der Waals surface area (Å²) in [6, 6.07) is 6.74. The first-order chi connectivity index (χ1) is 4.84. The Bertz CT molecular complexity index is 208. The summed E-state index contributed by atoms with van der Waals surface area (Å²) in [6.45, 7) is 0.0409. The van der Waals surface area contributed by atoms with Crippen LogP contribution in [0.3, 0.4) is 0 Å². The third kappa shape index (κ3) is 1.48. The molecule has 1 N–H and O–H groups in total. The zero-order chi connectivity index (χ0) is 7.40. The standard InChI is InChI=1S/C8H9O2/c9-6-5-7-3-1-2-4-8(7)10/h1-4,9H,5-6H2. The molecule has 0 spiro atoms. The van der Waals surface area contributed by atoms with Gasteiger partial charge in [-0.3, -0.25) is 5.11 Å². The lowest BCUT2D eigenvalue weighted by atomic mass is 10.1. The lowest BCUT2D eigenvalue weighted by molar-refractivity contribution is 0.292. The molecule has 0 aliphatic heterocycles. The molecule has 10 heavy (non-hydrogen) atoms. The van der Waals surface area contributed by atoms with Gasteiger partial charge in [-0.15, -0.1) is 0 Å². The highest BCUT2D eigenvalue weighted by molar-refractivity contribution is 5.31. The summed E-state index contributed by atoms with van der Waals surface area (Å²) in [5, 5.41) is 19.4. The Hall–Kier alpha value is -1.02. The summed E-state index contributed by atoms with van der Waals surface area (Å²) in [5.41, 5.74) is 0.685. The summed E-state index contributed by atoms with van der Waals surface area (Å²) in [6.07, 6.45) is 0.458. The second kappa shape index (κ2) is 3.22. The fourth-order valence-electron chi connectivity index (χ4n) is 0.831. The van der Waals surface area contributed by atoms with E-state index in [0.29, 0.717) is 12.0 Å². The zero-order valence-corrected chi connectivity index (χ0v) is 5.58. The van der Waals surface area contributed by atoms with Crippen LogP contribution in [0.15, 0.2) is 24.3 Å². The number of benzene rings is 1. The van der Waals surface area contributed by atoms with Crippen molar-refractivity contribution in [3.63, 3.8) is 0 Å². The number of para-hydroxylation sites is 1. The minimum atomic E-state index is 0.0107. The third-order valence-corrected chi connectivity index (χ3v) is 1.35. The Morgan fingerprint density at radius 1 is 1.30 bits per heavy atom. The van der Waals surface area contributed by atoms with Crippen LogP contribution in [0.5, 0.6) is 5.75 Å². The van der Waals surface area contributed by atoms with Crippen molar-refractivity contribution in [2.45, 2.75) is 6.42 Å². The van der Waals surface area contributed by atoms with E-state index in [-0.39, 0.29) is 12.4 Å². The molecule has 0 saturated carbocycles. The van der Waals surface area contributed by atoms with Crippen LogP contribution < -0.4 is 0 Å². The largest absolute Gasteiger partial charge is 0.396 e. The Morgan fingerprint density at radius 2 is 2.00 bits per heavy atom. The van der Waals surface area contributed by atoms with Gasteiger partial charge >= 0.3 is 0 Å². The summed E-state index contributed by atoms with van der Waals surface area (Å²) < 4.78 is 0. The normalized spacial score (nSPS) is 9.70. The lowest BCUT2D eigenvalue weighted by Gasteiger charge is -1.96. The molecular weight excluding hydrogens is 128 g/mol. The predicted molar refractivity (Wildman–Crippen MR) is 37.4 cm³/mol. The van der Waals surface area contributed by atoms with Gasteiger partial charge in [0.05, 0.1) is 0 Å². The van der Waals surface area contributed by atoms with Gasteiger partial charge in [0, 0.05) is 12.2 Å². The lowest BCUT2D eigenvalue weighted by Crippen LogP contribution is -1.89. The molecule has 0 heterocycles. The molecule has 0 fully saturated rings. The molecule has 0 atom stereocenters. The van der Waals surface area contributed by atoms with E-state index in [1.54, 1.807) is 18.2 Å². The number of rotatable bonds is 2. The highest BCUT2D eigenvalue weighted by atomic mass is 16.3. The van der Waals surface area contributed by atoms with Crippen LogP contribution in [0.2, 0.25) is 0 Å². The van der Waals surface area contributed by atoms with Gasteiger partial charge in [0.2, 0.25) is 0 Å². The SMILES string of the molecule is [O]c1ccccc1CCO. The van der Waals surface area contributed by atoms with Gasteiger partial charge in [0.1, 0.15) is 0 Å². The predicted octanol–water partition coefficient (Wildman–Crippen LogP) is 1.37. The van der Waals surface area contributed by atoms with E-state index in [4.69, 9.17) is 5.11 Å². The molecule has 0 aliphatic rings. The van der Waals surface area contributed by atoms with Gasteiger partial charge in [-0.1, -0.05) is 18.2 Å². The first-order valence-electron chi connectivity index (χ1n) is 3.20. The number of hydrogen-bond donors (Lipinski definition) is 1. The van der Waals surface area contributed by atoms with Crippen molar-refractivity contribution in [1.29, 1.82) is 0 Å². The molecule has 0 aromatic heterocycles. The van der Waals surface area contributed by atoms with E-state index in [1.165, 1.54) is 6.07 Å². The van der Waals surface area contributed by atoms with Crippen molar-refractivity contribution in [1.82, 2.24) is 0 Å². The van der Waals surface area contributed by atoms with Crippen LogP contribution in [-0.2, 0) is 11.5 Å². The summed E-state index contributed by atoms with van der Waals surface area (Å²) in [4.78, 5) is 0. The summed E-state index contributed by atoms with van der Waals surface area (Å²) in [7, 11) is 0. The van der Waals surface area contributed by atoms with Gasteiger partial charge in [-0.05, 0) is 12.5 Å². The highest BCUT2D eigenvalue weighted by Crippen LogP contribution is 2.16. The van der Waals surface area contributed by atoms with Gasteiger partial charge in [0.15, 0.2) is 5.75 Å². The first kappa shape index (κ1) is 7.09. The van der Waals surface area contributed by atoms with Crippen molar-refractivity contribution < 1.29 is 10.2 Å². The van der Waals surface area contributed by atoms with Crippen molar-refractivity contribution >= 4 is 0 Å². The fraction of sp³-hybridized carbons (Fsp3) is 0.250. The zero-order valence-electron chi connectivity index (χ0n) is 5.58. The molecule has 53 valence electrons. The van der Waals surface area contributed by atoms with Gasteiger partial charge in [0.25, 0.3) is 0 Å². The average Bonchev–Trinajstić information content (AvgIpc) is 1.94. The highest BCUT2D eigenvalue weighted by Gasteiger charge is 1.98. The Kier molecular flexibility index (Phi) is 2.29. The van der Waals surface area contributed by atoms with E-state index in [0.717, 1.165) is 0 Å². The van der Waals surface area contributed by atoms with E-state index >= 15 is 0 Å². The van der Waals surface area contributed by atoms with Crippen LogP contribution in [0.4, 0.5) is 0 Å². The molecule has 1 radical (unpaired) electrons. The summed E-state index contributed by atoms with van der Waals surface area (Å²) >= 11 is 0. The molecule has 0 amide bonds. The van der Waals surface area contributed by atoms with Crippen molar-refractivity contribution in [2.75, 3.05) is 6.61 Å². The first-order valence-corrected chi connectivity index (χ1v) is 3.20. The van der Waals surface area contributed by atoms with Crippen LogP contribution in [0.1, 0.15) is 5.56 Å². The quantitative estimate of drug-likeness (QED) is 0.657. The van der Waals surface area contributed by atoms with E-state index in [9.17, 15) is 5.11 Å². The number of aliphatic hydroxyl groups is 1. The maximum atomic E-state index is 10.9. The van der Waals surface area contributed by atoms with E-state index in [1.807, 2.05) is 0 Å². The smallest absolute Gasteiger partial charge is 0.181 e. The van der Waals surface area contributed by atoms with Crippen molar-refractivity contribution in [3.8, 4) is 5.75 Å². The second-order valence-corrected chi connectivity index (χ2v) is 2.08. The molecule has 2 heteroatoms.